The summed E-state index contributed by atoms with van der Waals surface area (Å²) in [5, 5.41) is 17.8. The second-order valence-corrected chi connectivity index (χ2v) is 3.17. The van der Waals surface area contributed by atoms with Crippen molar-refractivity contribution in [3.63, 3.8) is 0 Å². The van der Waals surface area contributed by atoms with E-state index in [2.05, 4.69) is 0 Å². The van der Waals surface area contributed by atoms with Crippen molar-refractivity contribution in [2.75, 3.05) is 0 Å². The molecule has 0 saturated heterocycles. The highest BCUT2D eigenvalue weighted by atomic mass is 35.5. The molecule has 0 bridgehead atoms. The summed E-state index contributed by atoms with van der Waals surface area (Å²) in [5.41, 5.74) is 0.983. The predicted molar refractivity (Wildman–Crippen MR) is 52.5 cm³/mol. The summed E-state index contributed by atoms with van der Waals surface area (Å²) in [6.45, 7) is 1.84. The molecule has 0 atom stereocenters. The minimum Gasteiger partial charge on any atom is -0.478 e. The van der Waals surface area contributed by atoms with Crippen LogP contribution in [-0.2, 0) is 6.42 Å². The summed E-state index contributed by atoms with van der Waals surface area (Å²) in [4.78, 5) is 10.8. The van der Waals surface area contributed by atoms with Crippen LogP contribution in [0.2, 0.25) is 5.02 Å². The molecule has 4 heteroatoms. The number of carboxylic acids is 1. The van der Waals surface area contributed by atoms with E-state index < -0.39 is 5.97 Å². The molecule has 0 aliphatic heterocycles. The van der Waals surface area contributed by atoms with Gasteiger partial charge in [-0.15, -0.1) is 0 Å². The summed E-state index contributed by atoms with van der Waals surface area (Å²) >= 11 is 5.77. The van der Waals surface area contributed by atoms with Gasteiger partial charge in [-0.1, -0.05) is 18.5 Å². The summed E-state index contributed by atoms with van der Waals surface area (Å²) in [7, 11) is 0. The van der Waals surface area contributed by atoms with Crippen LogP contribution in [0.3, 0.4) is 0 Å². The molecule has 0 saturated carbocycles. The Kier molecular flexibility index (Phi) is 3.10. The third-order valence-electron chi connectivity index (χ3n) is 1.92. The second-order valence-electron chi connectivity index (χ2n) is 2.76. The van der Waals surface area contributed by atoms with E-state index in [1.54, 1.807) is 0 Å². The Bertz CT molecular complexity index is 421. The number of aryl methyl sites for hydroxylation is 1. The maximum atomic E-state index is 10.8. The van der Waals surface area contributed by atoms with Crippen molar-refractivity contribution in [3.8, 4) is 6.07 Å². The van der Waals surface area contributed by atoms with Gasteiger partial charge in [-0.3, -0.25) is 0 Å². The molecule has 1 N–H and O–H groups in total. The lowest BCUT2D eigenvalue weighted by Gasteiger charge is -2.04. The molecule has 0 fully saturated rings. The molecule has 3 nitrogen and oxygen atoms in total. The summed E-state index contributed by atoms with van der Waals surface area (Å²) in [6.07, 6.45) is 0.576. The van der Waals surface area contributed by atoms with Crippen LogP contribution in [0.25, 0.3) is 0 Å². The van der Waals surface area contributed by atoms with Crippen LogP contribution in [0.1, 0.15) is 28.4 Å². The van der Waals surface area contributed by atoms with Gasteiger partial charge in [0.15, 0.2) is 0 Å². The fourth-order valence-electron chi connectivity index (χ4n) is 1.19. The van der Waals surface area contributed by atoms with Crippen LogP contribution in [-0.4, -0.2) is 11.1 Å². The molecular formula is C10H8ClNO2. The highest BCUT2D eigenvalue weighted by molar-refractivity contribution is 6.32. The number of hydrogen-bond donors (Lipinski definition) is 1. The number of carbonyl (C=O) groups is 1. The molecular weight excluding hydrogens is 202 g/mol. The third-order valence-corrected chi connectivity index (χ3v) is 2.24. The first-order valence-electron chi connectivity index (χ1n) is 4.06. The molecule has 0 unspecified atom stereocenters. The number of rotatable bonds is 2. The second kappa shape index (κ2) is 4.12. The first-order valence-corrected chi connectivity index (χ1v) is 4.43. The smallest absolute Gasteiger partial charge is 0.336 e. The van der Waals surface area contributed by atoms with E-state index in [9.17, 15) is 4.79 Å². The van der Waals surface area contributed by atoms with Crippen LogP contribution in [0, 0.1) is 11.3 Å². The van der Waals surface area contributed by atoms with E-state index in [4.69, 9.17) is 22.0 Å². The molecule has 0 aliphatic carbocycles. The predicted octanol–water partition coefficient (Wildman–Crippen LogP) is 2.47. The standard InChI is InChI=1S/C10H8ClNO2/c1-2-6-4-9(11)7(5-12)3-8(6)10(13)14/h3-4H,2H2,1H3,(H,13,14). The Morgan fingerprint density at radius 3 is 2.71 bits per heavy atom. The normalized spacial score (nSPS) is 9.50. The first-order chi connectivity index (χ1) is 6.60. The topological polar surface area (TPSA) is 61.1 Å². The van der Waals surface area contributed by atoms with Gasteiger partial charge in [-0.25, -0.2) is 4.79 Å². The zero-order valence-electron chi connectivity index (χ0n) is 7.54. The minimum absolute atomic E-state index is 0.147. The van der Waals surface area contributed by atoms with Gasteiger partial charge >= 0.3 is 5.97 Å². The number of benzene rings is 1. The van der Waals surface area contributed by atoms with Gasteiger partial charge in [0.2, 0.25) is 0 Å². The molecule has 14 heavy (non-hydrogen) atoms. The van der Waals surface area contributed by atoms with E-state index in [1.807, 2.05) is 13.0 Å². The zero-order chi connectivity index (χ0) is 10.7. The fraction of sp³-hybridized carbons (Fsp3) is 0.200. The molecule has 0 heterocycles. The Labute approximate surface area is 86.5 Å². The third kappa shape index (κ3) is 1.86. The van der Waals surface area contributed by atoms with E-state index in [0.29, 0.717) is 17.0 Å². The Balaban J connectivity index is 3.42. The molecule has 0 amide bonds. The average Bonchev–Trinajstić information content (AvgIpc) is 2.16. The molecule has 72 valence electrons. The average molecular weight is 210 g/mol. The van der Waals surface area contributed by atoms with Crippen molar-refractivity contribution in [2.45, 2.75) is 13.3 Å². The number of nitrogens with zero attached hydrogens (tertiary/aromatic N) is 1. The molecule has 1 aromatic carbocycles. The summed E-state index contributed by atoms with van der Waals surface area (Å²) in [6, 6.07) is 4.69. The number of hydrogen-bond acceptors (Lipinski definition) is 2. The quantitative estimate of drug-likeness (QED) is 0.814. The zero-order valence-corrected chi connectivity index (χ0v) is 8.30. The maximum absolute atomic E-state index is 10.8. The minimum atomic E-state index is -1.03. The van der Waals surface area contributed by atoms with Crippen LogP contribution in [0.4, 0.5) is 0 Å². The van der Waals surface area contributed by atoms with E-state index in [-0.39, 0.29) is 11.1 Å². The largest absolute Gasteiger partial charge is 0.478 e. The monoisotopic (exact) mass is 209 g/mol. The van der Waals surface area contributed by atoms with Crippen molar-refractivity contribution in [1.29, 1.82) is 5.26 Å². The van der Waals surface area contributed by atoms with Crippen molar-refractivity contribution >= 4 is 17.6 Å². The molecule has 0 radical (unpaired) electrons. The summed E-state index contributed by atoms with van der Waals surface area (Å²) < 4.78 is 0. The lowest BCUT2D eigenvalue weighted by atomic mass is 10.0. The van der Waals surface area contributed by atoms with Crippen molar-refractivity contribution in [1.82, 2.24) is 0 Å². The summed E-state index contributed by atoms with van der Waals surface area (Å²) in [5.74, 6) is -1.03. The van der Waals surface area contributed by atoms with Crippen molar-refractivity contribution in [3.05, 3.63) is 33.8 Å². The number of carboxylic acid groups (broad SMARTS) is 1. The van der Waals surface area contributed by atoms with Crippen LogP contribution < -0.4 is 0 Å². The first kappa shape index (κ1) is 10.6. The van der Waals surface area contributed by atoms with E-state index in [0.717, 1.165) is 0 Å². The fourth-order valence-corrected chi connectivity index (χ4v) is 1.42. The van der Waals surface area contributed by atoms with Crippen molar-refractivity contribution in [2.24, 2.45) is 0 Å². The van der Waals surface area contributed by atoms with Crippen LogP contribution in [0.15, 0.2) is 12.1 Å². The highest BCUT2D eigenvalue weighted by Crippen LogP contribution is 2.21. The van der Waals surface area contributed by atoms with Gasteiger partial charge in [0.1, 0.15) is 6.07 Å². The van der Waals surface area contributed by atoms with Gasteiger partial charge in [-0.2, -0.15) is 5.26 Å². The lowest BCUT2D eigenvalue weighted by molar-refractivity contribution is 0.0695. The SMILES string of the molecule is CCc1cc(Cl)c(C#N)cc1C(=O)O. The maximum Gasteiger partial charge on any atom is 0.336 e. The van der Waals surface area contributed by atoms with Crippen LogP contribution in [0.5, 0.6) is 0 Å². The van der Waals surface area contributed by atoms with Gasteiger partial charge in [0.05, 0.1) is 16.1 Å². The Hall–Kier alpha value is -1.53. The lowest BCUT2D eigenvalue weighted by Crippen LogP contribution is -2.02. The number of aromatic carboxylic acids is 1. The van der Waals surface area contributed by atoms with Gasteiger partial charge in [-0.05, 0) is 24.1 Å². The highest BCUT2D eigenvalue weighted by Gasteiger charge is 2.12. The Morgan fingerprint density at radius 1 is 1.64 bits per heavy atom. The van der Waals surface area contributed by atoms with Crippen LogP contribution >= 0.6 is 11.6 Å². The number of halogens is 1. The van der Waals surface area contributed by atoms with Gasteiger partial charge < -0.3 is 5.11 Å². The molecule has 1 aromatic rings. The van der Waals surface area contributed by atoms with Gasteiger partial charge in [0.25, 0.3) is 0 Å². The van der Waals surface area contributed by atoms with E-state index in [1.165, 1.54) is 12.1 Å². The molecule has 0 aliphatic rings. The number of nitriles is 1. The molecule has 0 spiro atoms. The van der Waals surface area contributed by atoms with Gasteiger partial charge in [0, 0.05) is 0 Å². The molecule has 0 aromatic heterocycles. The van der Waals surface area contributed by atoms with E-state index >= 15 is 0 Å². The molecule has 1 rings (SSSR count). The van der Waals surface area contributed by atoms with Crippen molar-refractivity contribution < 1.29 is 9.90 Å². The Morgan fingerprint density at radius 2 is 2.29 bits per heavy atom.